The molecule has 2 heteroatoms. The molecule has 11 aromatic rings. The molecule has 0 unspecified atom stereocenters. The van der Waals surface area contributed by atoms with E-state index in [1.807, 2.05) is 12.1 Å². The molecule has 272 valence electrons. The lowest BCUT2D eigenvalue weighted by molar-refractivity contribution is 0.670. The van der Waals surface area contributed by atoms with E-state index >= 15 is 0 Å². The number of rotatable bonds is 7. The van der Waals surface area contributed by atoms with Gasteiger partial charge in [0.05, 0.1) is 5.69 Å². The summed E-state index contributed by atoms with van der Waals surface area (Å²) in [4.78, 5) is 2.40. The molecular weight excluding hydrogens is 703 g/mol. The third kappa shape index (κ3) is 6.00. The quantitative estimate of drug-likeness (QED) is 0.162. The Kier molecular flexibility index (Phi) is 8.19. The minimum absolute atomic E-state index is 0.903. The van der Waals surface area contributed by atoms with Gasteiger partial charge >= 0.3 is 0 Å². The molecule has 10 aromatic carbocycles. The number of hydrogen-bond acceptors (Lipinski definition) is 2. The highest BCUT2D eigenvalue weighted by atomic mass is 16.3. The summed E-state index contributed by atoms with van der Waals surface area (Å²) in [6.45, 7) is 0. The van der Waals surface area contributed by atoms with Crippen molar-refractivity contribution in [2.45, 2.75) is 0 Å². The summed E-state index contributed by atoms with van der Waals surface area (Å²) >= 11 is 0. The SMILES string of the molecule is c1cc(-c2cccc(N(c3ccc(-c4cccc5c4oc4ccccc45)cc3)c3ccccc3-c3ccc4ccccc4c3)c2)cc(-c2ccc3ccccc3c2)c1. The highest BCUT2D eigenvalue weighted by molar-refractivity contribution is 6.09. The third-order valence-corrected chi connectivity index (χ3v) is 11.4. The lowest BCUT2D eigenvalue weighted by Crippen LogP contribution is -2.11. The van der Waals surface area contributed by atoms with Crippen LogP contribution in [0.5, 0.6) is 0 Å². The summed E-state index contributed by atoms with van der Waals surface area (Å²) in [5.41, 5.74) is 14.3. The summed E-state index contributed by atoms with van der Waals surface area (Å²) in [6, 6.07) is 80.8. The third-order valence-electron chi connectivity index (χ3n) is 11.4. The van der Waals surface area contributed by atoms with Gasteiger partial charge in [-0.3, -0.25) is 0 Å². The van der Waals surface area contributed by atoms with Crippen molar-refractivity contribution in [1.29, 1.82) is 0 Å². The molecule has 11 rings (SSSR count). The monoisotopic (exact) mass is 739 g/mol. The molecule has 1 aromatic heterocycles. The Morgan fingerprint density at radius 1 is 0.293 bits per heavy atom. The van der Waals surface area contributed by atoms with Gasteiger partial charge in [-0.25, -0.2) is 0 Å². The lowest BCUT2D eigenvalue weighted by atomic mass is 9.96. The zero-order valence-corrected chi connectivity index (χ0v) is 31.7. The normalized spacial score (nSPS) is 11.4. The average molecular weight is 740 g/mol. The molecule has 0 fully saturated rings. The standard InChI is InChI=1S/C56H37NO/c1-3-14-41-34-46(28-26-38(41)12-1)44-17-9-16-43(35-44)45-18-10-19-49(37-45)57(54-24-7-5-20-50(54)47-29-27-39-13-2-4-15-42(39)36-47)48-32-30-40(31-33-48)51-22-11-23-53-52-21-6-8-25-55(52)58-56(51)53/h1-37H. The minimum atomic E-state index is 0.903. The van der Waals surface area contributed by atoms with Crippen LogP contribution in [-0.4, -0.2) is 0 Å². The molecule has 0 aliphatic heterocycles. The van der Waals surface area contributed by atoms with E-state index in [4.69, 9.17) is 4.42 Å². The molecule has 0 spiro atoms. The van der Waals surface area contributed by atoms with E-state index in [2.05, 4.69) is 217 Å². The fourth-order valence-electron chi connectivity index (χ4n) is 8.53. The van der Waals surface area contributed by atoms with Crippen molar-refractivity contribution in [2.75, 3.05) is 4.90 Å². The van der Waals surface area contributed by atoms with Crippen LogP contribution >= 0.6 is 0 Å². The largest absolute Gasteiger partial charge is 0.455 e. The number of anilines is 3. The first-order valence-corrected chi connectivity index (χ1v) is 19.8. The molecule has 0 amide bonds. The molecule has 0 bridgehead atoms. The molecule has 0 aliphatic rings. The number of hydrogen-bond donors (Lipinski definition) is 0. The van der Waals surface area contributed by atoms with E-state index in [0.29, 0.717) is 0 Å². The van der Waals surface area contributed by atoms with Gasteiger partial charge in [0, 0.05) is 33.3 Å². The molecule has 0 radical (unpaired) electrons. The summed E-state index contributed by atoms with van der Waals surface area (Å²) in [5.74, 6) is 0. The number of para-hydroxylation sites is 3. The first kappa shape index (κ1) is 33.6. The number of benzene rings is 10. The van der Waals surface area contributed by atoms with Crippen molar-refractivity contribution in [1.82, 2.24) is 0 Å². The van der Waals surface area contributed by atoms with Crippen LogP contribution in [0, 0.1) is 0 Å². The summed E-state index contributed by atoms with van der Waals surface area (Å²) in [6.07, 6.45) is 0. The molecule has 0 saturated heterocycles. The van der Waals surface area contributed by atoms with Gasteiger partial charge in [0.25, 0.3) is 0 Å². The van der Waals surface area contributed by atoms with Gasteiger partial charge < -0.3 is 9.32 Å². The Morgan fingerprint density at radius 3 is 1.60 bits per heavy atom. The topological polar surface area (TPSA) is 16.4 Å². The van der Waals surface area contributed by atoms with Gasteiger partial charge in [-0.1, -0.05) is 170 Å². The zero-order valence-electron chi connectivity index (χ0n) is 31.7. The summed E-state index contributed by atoms with van der Waals surface area (Å²) in [5, 5.41) is 7.21. The van der Waals surface area contributed by atoms with Crippen molar-refractivity contribution in [2.24, 2.45) is 0 Å². The highest BCUT2D eigenvalue weighted by Gasteiger charge is 2.19. The van der Waals surface area contributed by atoms with Crippen LogP contribution in [0.15, 0.2) is 229 Å². The van der Waals surface area contributed by atoms with E-state index in [-0.39, 0.29) is 0 Å². The lowest BCUT2D eigenvalue weighted by Gasteiger charge is -2.28. The Hall–Kier alpha value is -7.68. The van der Waals surface area contributed by atoms with Crippen LogP contribution in [0.2, 0.25) is 0 Å². The van der Waals surface area contributed by atoms with Crippen molar-refractivity contribution in [3.05, 3.63) is 224 Å². The maximum absolute atomic E-state index is 6.45. The van der Waals surface area contributed by atoms with Crippen molar-refractivity contribution >= 4 is 60.5 Å². The molecule has 0 N–H and O–H groups in total. The van der Waals surface area contributed by atoms with Crippen molar-refractivity contribution in [3.63, 3.8) is 0 Å². The Morgan fingerprint density at radius 2 is 0.828 bits per heavy atom. The minimum Gasteiger partial charge on any atom is -0.455 e. The van der Waals surface area contributed by atoms with E-state index in [1.165, 1.54) is 43.8 Å². The van der Waals surface area contributed by atoms with Gasteiger partial charge in [-0.15, -0.1) is 0 Å². The summed E-state index contributed by atoms with van der Waals surface area (Å²) in [7, 11) is 0. The second-order valence-corrected chi connectivity index (χ2v) is 14.9. The molecule has 1 heterocycles. The highest BCUT2D eigenvalue weighted by Crippen LogP contribution is 2.44. The van der Waals surface area contributed by atoms with Crippen LogP contribution in [0.4, 0.5) is 17.1 Å². The fraction of sp³-hybridized carbons (Fsp3) is 0. The van der Waals surface area contributed by atoms with Gasteiger partial charge in [0.15, 0.2) is 0 Å². The fourth-order valence-corrected chi connectivity index (χ4v) is 8.53. The van der Waals surface area contributed by atoms with Gasteiger partial charge in [0.2, 0.25) is 0 Å². The Bertz CT molecular complexity index is 3300. The number of furan rings is 1. The smallest absolute Gasteiger partial charge is 0.143 e. The Balaban J connectivity index is 1.04. The molecular formula is C56H37NO. The van der Waals surface area contributed by atoms with Crippen LogP contribution in [0.25, 0.3) is 88.0 Å². The van der Waals surface area contributed by atoms with Crippen LogP contribution in [0.1, 0.15) is 0 Å². The van der Waals surface area contributed by atoms with E-state index < -0.39 is 0 Å². The van der Waals surface area contributed by atoms with Crippen molar-refractivity contribution in [3.8, 4) is 44.5 Å². The van der Waals surface area contributed by atoms with E-state index in [9.17, 15) is 0 Å². The second-order valence-electron chi connectivity index (χ2n) is 14.9. The van der Waals surface area contributed by atoms with Crippen molar-refractivity contribution < 1.29 is 4.42 Å². The first-order chi connectivity index (χ1) is 28.7. The molecule has 0 saturated carbocycles. The Labute approximate surface area is 337 Å². The van der Waals surface area contributed by atoms with Gasteiger partial charge in [-0.2, -0.15) is 0 Å². The maximum Gasteiger partial charge on any atom is 0.143 e. The molecule has 0 aliphatic carbocycles. The number of nitrogens with zero attached hydrogens (tertiary/aromatic N) is 1. The van der Waals surface area contributed by atoms with Gasteiger partial charge in [0.1, 0.15) is 11.2 Å². The first-order valence-electron chi connectivity index (χ1n) is 19.8. The molecule has 2 nitrogen and oxygen atoms in total. The predicted octanol–water partition coefficient (Wildman–Crippen LogP) is 16.0. The van der Waals surface area contributed by atoms with E-state index in [0.717, 1.165) is 61.3 Å². The number of fused-ring (bicyclic) bond motifs is 5. The average Bonchev–Trinajstić information content (AvgIpc) is 3.69. The van der Waals surface area contributed by atoms with Crippen LogP contribution < -0.4 is 4.90 Å². The maximum atomic E-state index is 6.45. The van der Waals surface area contributed by atoms with Gasteiger partial charge in [-0.05, 0) is 110 Å². The van der Waals surface area contributed by atoms with Crippen LogP contribution in [0.3, 0.4) is 0 Å². The predicted molar refractivity (Wildman–Crippen MR) is 245 cm³/mol. The molecule has 0 atom stereocenters. The second kappa shape index (κ2) is 14.1. The molecule has 58 heavy (non-hydrogen) atoms. The zero-order chi connectivity index (χ0) is 38.4. The van der Waals surface area contributed by atoms with E-state index in [1.54, 1.807) is 0 Å². The summed E-state index contributed by atoms with van der Waals surface area (Å²) < 4.78 is 6.45. The van der Waals surface area contributed by atoms with Crippen LogP contribution in [-0.2, 0) is 0 Å².